The topological polar surface area (TPSA) is 34.1 Å². The number of pyridine rings is 1. The van der Waals surface area contributed by atoms with Crippen molar-refractivity contribution >= 4 is 5.82 Å². The Morgan fingerprint density at radius 1 is 1.25 bits per heavy atom. The van der Waals surface area contributed by atoms with E-state index in [-0.39, 0.29) is 0 Å². The zero-order valence-electron chi connectivity index (χ0n) is 9.43. The van der Waals surface area contributed by atoms with Crippen LogP contribution >= 0.6 is 0 Å². The quantitative estimate of drug-likeness (QED) is 0.828. The summed E-state index contributed by atoms with van der Waals surface area (Å²) in [6, 6.07) is 6.57. The third-order valence-electron chi connectivity index (χ3n) is 3.78. The van der Waals surface area contributed by atoms with Gasteiger partial charge in [-0.25, -0.2) is 4.98 Å². The van der Waals surface area contributed by atoms with Gasteiger partial charge in [0.2, 0.25) is 0 Å². The van der Waals surface area contributed by atoms with Crippen molar-refractivity contribution in [3.8, 4) is 0 Å². The highest BCUT2D eigenvalue weighted by Crippen LogP contribution is 2.35. The lowest BCUT2D eigenvalue weighted by atomic mass is 9.82. The third-order valence-corrected chi connectivity index (χ3v) is 3.78. The van der Waals surface area contributed by atoms with E-state index < -0.39 is 0 Å². The molecular formula is C13H18N2O. The summed E-state index contributed by atoms with van der Waals surface area (Å²) >= 11 is 0. The minimum absolute atomic E-state index is 0.495. The molecule has 0 amide bonds. The number of nitrogens with one attached hydrogen (secondary N) is 1. The zero-order chi connectivity index (χ0) is 10.8. The molecule has 16 heavy (non-hydrogen) atoms. The van der Waals surface area contributed by atoms with Crippen molar-refractivity contribution in [2.45, 2.75) is 37.8 Å². The maximum Gasteiger partial charge on any atom is 0.126 e. The molecule has 3 atom stereocenters. The first-order valence-corrected chi connectivity index (χ1v) is 6.22. The molecule has 1 saturated heterocycles. The molecule has 3 nitrogen and oxygen atoms in total. The SMILES string of the molecule is c1ccc(N[C@@H]2CCC[C@@H]3OCC[C@H]32)nc1. The average molecular weight is 218 g/mol. The lowest BCUT2D eigenvalue weighted by Crippen LogP contribution is -2.38. The van der Waals surface area contributed by atoms with Crippen molar-refractivity contribution in [3.05, 3.63) is 24.4 Å². The molecule has 0 aromatic carbocycles. The van der Waals surface area contributed by atoms with Gasteiger partial charge in [-0.15, -0.1) is 0 Å². The van der Waals surface area contributed by atoms with Crippen LogP contribution in [0.4, 0.5) is 5.82 Å². The lowest BCUT2D eigenvalue weighted by Gasteiger charge is -2.33. The summed E-state index contributed by atoms with van der Waals surface area (Å²) in [6.07, 6.45) is 7.30. The molecule has 1 aromatic heterocycles. The molecule has 3 rings (SSSR count). The van der Waals surface area contributed by atoms with Gasteiger partial charge in [0.1, 0.15) is 5.82 Å². The standard InChI is InChI=1S/C13H18N2O/c1-2-8-14-13(6-1)15-11-4-3-5-12-10(11)7-9-16-12/h1-2,6,8,10-12H,3-5,7,9H2,(H,14,15)/t10-,11+,12-/m0/s1. The Morgan fingerprint density at radius 3 is 3.12 bits per heavy atom. The second kappa shape index (κ2) is 4.42. The minimum Gasteiger partial charge on any atom is -0.378 e. The van der Waals surface area contributed by atoms with Gasteiger partial charge in [0, 0.05) is 24.8 Å². The number of hydrogen-bond acceptors (Lipinski definition) is 3. The molecule has 0 unspecified atom stereocenters. The van der Waals surface area contributed by atoms with Crippen molar-refractivity contribution in [2.75, 3.05) is 11.9 Å². The maximum absolute atomic E-state index is 5.76. The minimum atomic E-state index is 0.495. The maximum atomic E-state index is 5.76. The van der Waals surface area contributed by atoms with Crippen LogP contribution in [0.2, 0.25) is 0 Å². The molecular weight excluding hydrogens is 200 g/mol. The monoisotopic (exact) mass is 218 g/mol. The Morgan fingerprint density at radius 2 is 2.25 bits per heavy atom. The number of anilines is 1. The van der Waals surface area contributed by atoms with E-state index in [0.29, 0.717) is 18.1 Å². The van der Waals surface area contributed by atoms with E-state index in [2.05, 4.69) is 10.3 Å². The van der Waals surface area contributed by atoms with Crippen LogP contribution in [-0.4, -0.2) is 23.7 Å². The number of fused-ring (bicyclic) bond motifs is 1. The summed E-state index contributed by atoms with van der Waals surface area (Å²) in [4.78, 5) is 4.34. The molecule has 0 radical (unpaired) electrons. The van der Waals surface area contributed by atoms with Gasteiger partial charge < -0.3 is 10.1 Å². The predicted octanol–water partition coefficient (Wildman–Crippen LogP) is 2.45. The molecule has 1 saturated carbocycles. The molecule has 1 aliphatic carbocycles. The normalized spacial score (nSPS) is 33.4. The fourth-order valence-electron chi connectivity index (χ4n) is 2.99. The van der Waals surface area contributed by atoms with E-state index in [0.717, 1.165) is 12.4 Å². The van der Waals surface area contributed by atoms with Crippen molar-refractivity contribution in [1.29, 1.82) is 0 Å². The Labute approximate surface area is 96.2 Å². The van der Waals surface area contributed by atoms with Crippen LogP contribution < -0.4 is 5.32 Å². The van der Waals surface area contributed by atoms with Gasteiger partial charge >= 0.3 is 0 Å². The Kier molecular flexibility index (Phi) is 2.79. The van der Waals surface area contributed by atoms with Gasteiger partial charge in [0.25, 0.3) is 0 Å². The van der Waals surface area contributed by atoms with Gasteiger partial charge in [-0.05, 0) is 37.8 Å². The van der Waals surface area contributed by atoms with Gasteiger partial charge in [-0.2, -0.15) is 0 Å². The fourth-order valence-corrected chi connectivity index (χ4v) is 2.99. The Hall–Kier alpha value is -1.09. The van der Waals surface area contributed by atoms with Gasteiger partial charge in [-0.1, -0.05) is 6.07 Å². The van der Waals surface area contributed by atoms with Crippen molar-refractivity contribution < 1.29 is 4.74 Å². The van der Waals surface area contributed by atoms with Crippen molar-refractivity contribution in [2.24, 2.45) is 5.92 Å². The number of hydrogen-bond donors (Lipinski definition) is 1. The molecule has 1 aliphatic heterocycles. The first kappa shape index (κ1) is 10.1. The van der Waals surface area contributed by atoms with Crippen LogP contribution in [0.25, 0.3) is 0 Å². The molecule has 1 aromatic rings. The molecule has 2 fully saturated rings. The first-order chi connectivity index (χ1) is 7.93. The third kappa shape index (κ3) is 1.92. The van der Waals surface area contributed by atoms with Crippen LogP contribution in [0.5, 0.6) is 0 Å². The first-order valence-electron chi connectivity index (χ1n) is 6.22. The molecule has 2 aliphatic rings. The van der Waals surface area contributed by atoms with Crippen molar-refractivity contribution in [1.82, 2.24) is 4.98 Å². The van der Waals surface area contributed by atoms with Crippen LogP contribution in [0, 0.1) is 5.92 Å². The van der Waals surface area contributed by atoms with Gasteiger partial charge in [0.15, 0.2) is 0 Å². The number of aromatic nitrogens is 1. The summed E-state index contributed by atoms with van der Waals surface area (Å²) in [5, 5.41) is 3.56. The second-order valence-electron chi connectivity index (χ2n) is 4.76. The van der Waals surface area contributed by atoms with E-state index in [9.17, 15) is 0 Å². The zero-order valence-corrected chi connectivity index (χ0v) is 9.43. The number of nitrogens with zero attached hydrogens (tertiary/aromatic N) is 1. The van der Waals surface area contributed by atoms with Crippen LogP contribution in [-0.2, 0) is 4.74 Å². The molecule has 1 N–H and O–H groups in total. The molecule has 86 valence electrons. The Bertz CT molecular complexity index is 341. The highest BCUT2D eigenvalue weighted by molar-refractivity contribution is 5.35. The van der Waals surface area contributed by atoms with E-state index >= 15 is 0 Å². The average Bonchev–Trinajstić information content (AvgIpc) is 2.80. The number of rotatable bonds is 2. The van der Waals surface area contributed by atoms with Crippen LogP contribution in [0.1, 0.15) is 25.7 Å². The Balaban J connectivity index is 1.70. The lowest BCUT2D eigenvalue weighted by molar-refractivity contribution is 0.0619. The summed E-state index contributed by atoms with van der Waals surface area (Å²) in [5.41, 5.74) is 0. The fraction of sp³-hybridized carbons (Fsp3) is 0.615. The molecule has 0 bridgehead atoms. The predicted molar refractivity (Wildman–Crippen MR) is 63.3 cm³/mol. The molecule has 2 heterocycles. The summed E-state index contributed by atoms with van der Waals surface area (Å²) in [7, 11) is 0. The number of ether oxygens (including phenoxy) is 1. The van der Waals surface area contributed by atoms with E-state index in [1.165, 1.54) is 25.7 Å². The molecule has 0 spiro atoms. The second-order valence-corrected chi connectivity index (χ2v) is 4.76. The van der Waals surface area contributed by atoms with Gasteiger partial charge in [0.05, 0.1) is 6.10 Å². The largest absolute Gasteiger partial charge is 0.378 e. The van der Waals surface area contributed by atoms with Crippen LogP contribution in [0.3, 0.4) is 0 Å². The van der Waals surface area contributed by atoms with Crippen molar-refractivity contribution in [3.63, 3.8) is 0 Å². The smallest absolute Gasteiger partial charge is 0.126 e. The van der Waals surface area contributed by atoms with Gasteiger partial charge in [-0.3, -0.25) is 0 Å². The highest BCUT2D eigenvalue weighted by Gasteiger charge is 2.37. The van der Waals surface area contributed by atoms with E-state index in [1.54, 1.807) is 0 Å². The summed E-state index contributed by atoms with van der Waals surface area (Å²) in [5.74, 6) is 1.69. The van der Waals surface area contributed by atoms with E-state index in [1.807, 2.05) is 24.4 Å². The van der Waals surface area contributed by atoms with E-state index in [4.69, 9.17) is 4.74 Å². The highest BCUT2D eigenvalue weighted by atomic mass is 16.5. The summed E-state index contributed by atoms with van der Waals surface area (Å²) < 4.78 is 5.76. The molecule has 3 heteroatoms. The summed E-state index contributed by atoms with van der Waals surface area (Å²) in [6.45, 7) is 0.940. The van der Waals surface area contributed by atoms with Crippen LogP contribution in [0.15, 0.2) is 24.4 Å².